The van der Waals surface area contributed by atoms with E-state index in [4.69, 9.17) is 9.26 Å². The molecule has 170 valence electrons. The molecule has 0 spiro atoms. The normalized spacial score (nSPS) is 11.2. The van der Waals surface area contributed by atoms with E-state index in [9.17, 15) is 17.6 Å². The van der Waals surface area contributed by atoms with Gasteiger partial charge >= 0.3 is 0 Å². The second-order valence-electron chi connectivity index (χ2n) is 6.94. The molecule has 1 heterocycles. The molecule has 2 aromatic carbocycles. The van der Waals surface area contributed by atoms with Gasteiger partial charge in [0, 0.05) is 30.2 Å². The molecule has 0 atom stereocenters. The van der Waals surface area contributed by atoms with Crippen molar-refractivity contribution >= 4 is 27.3 Å². The van der Waals surface area contributed by atoms with Gasteiger partial charge in [-0.2, -0.15) is 4.98 Å². The summed E-state index contributed by atoms with van der Waals surface area (Å²) < 4.78 is 49.8. The van der Waals surface area contributed by atoms with Crippen molar-refractivity contribution in [1.82, 2.24) is 10.1 Å². The molecule has 3 rings (SSSR count). The number of sulfonamides is 1. The first-order valence-corrected chi connectivity index (χ1v) is 11.4. The molecule has 0 aliphatic heterocycles. The van der Waals surface area contributed by atoms with Gasteiger partial charge in [0.25, 0.3) is 0 Å². The van der Waals surface area contributed by atoms with Crippen LogP contribution in [0.4, 0.5) is 15.8 Å². The second-order valence-corrected chi connectivity index (χ2v) is 8.96. The van der Waals surface area contributed by atoms with Gasteiger partial charge in [0.15, 0.2) is 0 Å². The molecule has 32 heavy (non-hydrogen) atoms. The summed E-state index contributed by atoms with van der Waals surface area (Å²) in [6, 6.07) is 9.11. The molecular formula is C21H23FN4O5S. The van der Waals surface area contributed by atoms with Crippen LogP contribution in [0.3, 0.4) is 0 Å². The Kier molecular flexibility index (Phi) is 7.08. The van der Waals surface area contributed by atoms with Gasteiger partial charge in [-0.1, -0.05) is 5.16 Å². The number of methoxy groups -OCH3 is 1. The van der Waals surface area contributed by atoms with Gasteiger partial charge in [0.2, 0.25) is 27.6 Å². The highest BCUT2D eigenvalue weighted by Gasteiger charge is 2.14. The quantitative estimate of drug-likeness (QED) is 0.499. The predicted octanol–water partition coefficient (Wildman–Crippen LogP) is 3.53. The zero-order valence-electron chi connectivity index (χ0n) is 17.8. The molecule has 11 heteroatoms. The Morgan fingerprint density at radius 2 is 2.00 bits per heavy atom. The molecule has 3 aromatic rings. The highest BCUT2D eigenvalue weighted by molar-refractivity contribution is 7.92. The van der Waals surface area contributed by atoms with E-state index in [0.717, 1.165) is 0 Å². The molecule has 0 saturated heterocycles. The summed E-state index contributed by atoms with van der Waals surface area (Å²) in [7, 11) is -2.06. The number of amides is 1. The monoisotopic (exact) mass is 462 g/mol. The number of nitrogens with one attached hydrogen (secondary N) is 2. The van der Waals surface area contributed by atoms with E-state index in [1.807, 2.05) is 0 Å². The molecule has 1 amide bonds. The number of nitrogens with zero attached hydrogens (tertiary/aromatic N) is 2. The Morgan fingerprint density at radius 3 is 2.69 bits per heavy atom. The number of ether oxygens (including phenoxy) is 1. The van der Waals surface area contributed by atoms with Gasteiger partial charge in [-0.25, -0.2) is 12.8 Å². The van der Waals surface area contributed by atoms with Crippen molar-refractivity contribution in [3.63, 3.8) is 0 Å². The Morgan fingerprint density at radius 1 is 1.22 bits per heavy atom. The summed E-state index contributed by atoms with van der Waals surface area (Å²) in [4.78, 5) is 16.6. The van der Waals surface area contributed by atoms with E-state index in [-0.39, 0.29) is 47.6 Å². The van der Waals surface area contributed by atoms with Crippen molar-refractivity contribution < 1.29 is 26.9 Å². The van der Waals surface area contributed by atoms with Crippen molar-refractivity contribution in [1.29, 1.82) is 0 Å². The predicted molar refractivity (Wildman–Crippen MR) is 117 cm³/mol. The van der Waals surface area contributed by atoms with Gasteiger partial charge in [-0.15, -0.1) is 0 Å². The maximum Gasteiger partial charge on any atom is 0.232 e. The first kappa shape index (κ1) is 23.2. The van der Waals surface area contributed by atoms with Crippen LogP contribution >= 0.6 is 0 Å². The van der Waals surface area contributed by atoms with Gasteiger partial charge in [0.1, 0.15) is 11.6 Å². The fourth-order valence-corrected chi connectivity index (χ4v) is 3.44. The van der Waals surface area contributed by atoms with Crippen LogP contribution in [0.5, 0.6) is 5.75 Å². The molecule has 0 saturated carbocycles. The minimum atomic E-state index is -3.46. The lowest BCUT2D eigenvalue weighted by atomic mass is 10.1. The summed E-state index contributed by atoms with van der Waals surface area (Å²) in [5.41, 5.74) is 1.81. The highest BCUT2D eigenvalue weighted by atomic mass is 32.2. The summed E-state index contributed by atoms with van der Waals surface area (Å²) in [5.74, 6) is 0.175. The Labute approximate surface area is 185 Å². The van der Waals surface area contributed by atoms with Crippen molar-refractivity contribution in [2.24, 2.45) is 0 Å². The fraction of sp³-hybridized carbons (Fsp3) is 0.286. The topological polar surface area (TPSA) is 123 Å². The lowest BCUT2D eigenvalue weighted by Crippen LogP contribution is -2.16. The molecule has 2 N–H and O–H groups in total. The molecule has 0 bridgehead atoms. The third-order valence-electron chi connectivity index (χ3n) is 4.58. The van der Waals surface area contributed by atoms with Gasteiger partial charge in [-0.05, 0) is 49.7 Å². The minimum Gasteiger partial charge on any atom is -0.494 e. The molecule has 0 fully saturated rings. The number of rotatable bonds is 9. The lowest BCUT2D eigenvalue weighted by molar-refractivity contribution is -0.116. The zero-order chi connectivity index (χ0) is 23.3. The first-order chi connectivity index (χ1) is 15.2. The second kappa shape index (κ2) is 9.77. The summed E-state index contributed by atoms with van der Waals surface area (Å²) in [6.45, 7) is 3.17. The standard InChI is InChI=1S/C21H23FN4O5S/c1-4-32(28,29)26-17-8-6-15(12-18(17)30-3)23-19(27)9-10-20-24-21(25-31-20)14-5-7-16(22)13(2)11-14/h5-8,11-12,26H,4,9-10H2,1-3H3,(H,23,27). The molecule has 0 aliphatic rings. The number of hydrogen-bond donors (Lipinski definition) is 2. The summed E-state index contributed by atoms with van der Waals surface area (Å²) >= 11 is 0. The third-order valence-corrected chi connectivity index (χ3v) is 5.87. The van der Waals surface area contributed by atoms with E-state index in [2.05, 4.69) is 20.2 Å². The number of benzene rings is 2. The zero-order valence-corrected chi connectivity index (χ0v) is 18.6. The number of aromatic nitrogens is 2. The smallest absolute Gasteiger partial charge is 0.232 e. The largest absolute Gasteiger partial charge is 0.494 e. The molecular weight excluding hydrogens is 439 g/mol. The molecule has 0 radical (unpaired) electrons. The SMILES string of the molecule is CCS(=O)(=O)Nc1ccc(NC(=O)CCc2nc(-c3ccc(F)c(C)c3)no2)cc1OC. The van der Waals surface area contributed by atoms with Crippen LogP contribution in [0.2, 0.25) is 0 Å². The van der Waals surface area contributed by atoms with Crippen LogP contribution < -0.4 is 14.8 Å². The van der Waals surface area contributed by atoms with Crippen LogP contribution in [0, 0.1) is 12.7 Å². The first-order valence-electron chi connectivity index (χ1n) is 9.78. The fourth-order valence-electron chi connectivity index (χ4n) is 2.79. The molecule has 0 aliphatic carbocycles. The number of anilines is 2. The Balaban J connectivity index is 1.60. The number of aryl methyl sites for hydroxylation is 2. The van der Waals surface area contributed by atoms with E-state index in [1.165, 1.54) is 32.2 Å². The maximum atomic E-state index is 13.4. The van der Waals surface area contributed by atoms with Crippen molar-refractivity contribution in [2.45, 2.75) is 26.7 Å². The third kappa shape index (κ3) is 5.82. The number of carbonyl (C=O) groups excluding carboxylic acids is 1. The maximum absolute atomic E-state index is 13.4. The van der Waals surface area contributed by atoms with Crippen molar-refractivity contribution in [3.05, 3.63) is 53.7 Å². The number of halogens is 1. The van der Waals surface area contributed by atoms with Crippen LogP contribution in [0.25, 0.3) is 11.4 Å². The molecule has 9 nitrogen and oxygen atoms in total. The Bertz CT molecular complexity index is 1230. The average Bonchev–Trinajstić information content (AvgIpc) is 3.24. The van der Waals surface area contributed by atoms with E-state index in [0.29, 0.717) is 22.6 Å². The Hall–Kier alpha value is -3.47. The average molecular weight is 463 g/mol. The number of carbonyl (C=O) groups is 1. The van der Waals surface area contributed by atoms with Crippen LogP contribution in [-0.2, 0) is 21.2 Å². The van der Waals surface area contributed by atoms with Crippen LogP contribution in [0.1, 0.15) is 24.8 Å². The van der Waals surface area contributed by atoms with Crippen LogP contribution in [-0.4, -0.2) is 37.3 Å². The summed E-state index contributed by atoms with van der Waals surface area (Å²) in [5, 5.41) is 6.59. The van der Waals surface area contributed by atoms with Gasteiger partial charge in [0.05, 0.1) is 18.6 Å². The summed E-state index contributed by atoms with van der Waals surface area (Å²) in [6.07, 6.45) is 0.293. The molecule has 1 aromatic heterocycles. The minimum absolute atomic E-state index is 0.0766. The van der Waals surface area contributed by atoms with Gasteiger partial charge < -0.3 is 14.6 Å². The van der Waals surface area contributed by atoms with E-state index in [1.54, 1.807) is 25.1 Å². The van der Waals surface area contributed by atoms with Crippen molar-refractivity contribution in [2.75, 3.05) is 22.9 Å². The highest BCUT2D eigenvalue weighted by Crippen LogP contribution is 2.29. The number of hydrogen-bond acceptors (Lipinski definition) is 7. The van der Waals surface area contributed by atoms with Crippen molar-refractivity contribution in [3.8, 4) is 17.1 Å². The van der Waals surface area contributed by atoms with E-state index >= 15 is 0 Å². The van der Waals surface area contributed by atoms with Gasteiger partial charge in [-0.3, -0.25) is 9.52 Å². The van der Waals surface area contributed by atoms with Crippen LogP contribution in [0.15, 0.2) is 40.9 Å². The molecule has 0 unspecified atom stereocenters. The van der Waals surface area contributed by atoms with E-state index < -0.39 is 10.0 Å². The lowest BCUT2D eigenvalue weighted by Gasteiger charge is -2.13.